The maximum Gasteiger partial charge on any atom is 0.335 e. The summed E-state index contributed by atoms with van der Waals surface area (Å²) in [5.41, 5.74) is 1.30. The van der Waals surface area contributed by atoms with Crippen LogP contribution in [0.25, 0.3) is 0 Å². The summed E-state index contributed by atoms with van der Waals surface area (Å²) in [4.78, 5) is 22.0. The molecule has 1 aromatic carbocycles. The lowest BCUT2D eigenvalue weighted by molar-refractivity contribution is 0.0696. The Balaban J connectivity index is 2.75. The number of urea groups is 1. The highest BCUT2D eigenvalue weighted by atomic mass is 16.4. The van der Waals surface area contributed by atoms with Crippen LogP contribution in [0.1, 0.15) is 15.9 Å². The summed E-state index contributed by atoms with van der Waals surface area (Å²) in [5, 5.41) is 13.8. The summed E-state index contributed by atoms with van der Waals surface area (Å²) < 4.78 is 0. The van der Waals surface area contributed by atoms with E-state index in [4.69, 9.17) is 11.5 Å². The van der Waals surface area contributed by atoms with Crippen molar-refractivity contribution in [1.29, 1.82) is 0 Å². The van der Waals surface area contributed by atoms with Gasteiger partial charge in [-0.15, -0.1) is 6.42 Å². The van der Waals surface area contributed by atoms with E-state index in [2.05, 4.69) is 16.6 Å². The van der Waals surface area contributed by atoms with Gasteiger partial charge in [0.05, 0.1) is 12.1 Å². The predicted molar refractivity (Wildman–Crippen MR) is 64.0 cm³/mol. The molecular weight excluding hydrogens is 220 g/mol. The lowest BCUT2D eigenvalue weighted by Gasteiger charge is -2.07. The fourth-order valence-electron chi connectivity index (χ4n) is 1.29. The molecule has 1 rings (SSSR count). The molecule has 17 heavy (non-hydrogen) atoms. The molecule has 3 N–H and O–H groups in total. The number of carbonyl (C=O) groups excluding carboxylic acids is 1. The number of nitrogens with one attached hydrogen (secondary N) is 2. The van der Waals surface area contributed by atoms with Gasteiger partial charge in [-0.1, -0.05) is 5.92 Å². The Bertz CT molecular complexity index is 489. The van der Waals surface area contributed by atoms with Crippen molar-refractivity contribution in [2.45, 2.75) is 6.92 Å². The number of hydrogen-bond donors (Lipinski definition) is 3. The van der Waals surface area contributed by atoms with Gasteiger partial charge in [-0.2, -0.15) is 0 Å². The summed E-state index contributed by atoms with van der Waals surface area (Å²) >= 11 is 0. The average Bonchev–Trinajstić information content (AvgIpc) is 2.26. The number of carbonyl (C=O) groups is 2. The fraction of sp³-hybridized carbons (Fsp3) is 0.167. The molecular formula is C12H12N2O3. The Morgan fingerprint density at radius 2 is 2.18 bits per heavy atom. The zero-order valence-corrected chi connectivity index (χ0v) is 9.28. The molecule has 0 radical (unpaired) electrons. The van der Waals surface area contributed by atoms with Crippen LogP contribution >= 0.6 is 0 Å². The number of carboxylic acid groups (broad SMARTS) is 1. The number of benzene rings is 1. The first-order valence-corrected chi connectivity index (χ1v) is 4.87. The lowest BCUT2D eigenvalue weighted by atomic mass is 10.1. The van der Waals surface area contributed by atoms with Crippen molar-refractivity contribution in [3.05, 3.63) is 29.3 Å². The Kier molecular flexibility index (Phi) is 4.12. The molecule has 0 unspecified atom stereocenters. The second-order valence-electron chi connectivity index (χ2n) is 3.35. The highest BCUT2D eigenvalue weighted by molar-refractivity contribution is 5.92. The summed E-state index contributed by atoms with van der Waals surface area (Å²) in [6.07, 6.45) is 4.99. The molecule has 0 aromatic heterocycles. The molecule has 0 saturated carbocycles. The average molecular weight is 232 g/mol. The van der Waals surface area contributed by atoms with Crippen LogP contribution in [-0.4, -0.2) is 23.7 Å². The van der Waals surface area contributed by atoms with Gasteiger partial charge < -0.3 is 15.7 Å². The molecule has 0 aliphatic carbocycles. The third-order valence-electron chi connectivity index (χ3n) is 2.07. The van der Waals surface area contributed by atoms with E-state index in [1.54, 1.807) is 13.0 Å². The normalized spacial score (nSPS) is 9.18. The van der Waals surface area contributed by atoms with Gasteiger partial charge in [0.2, 0.25) is 0 Å². The van der Waals surface area contributed by atoms with E-state index in [0.29, 0.717) is 11.3 Å². The van der Waals surface area contributed by atoms with Crippen molar-refractivity contribution in [1.82, 2.24) is 5.32 Å². The zero-order chi connectivity index (χ0) is 12.8. The summed E-state index contributed by atoms with van der Waals surface area (Å²) in [6.45, 7) is 1.80. The van der Waals surface area contributed by atoms with Crippen LogP contribution in [0, 0.1) is 19.3 Å². The number of terminal acetylenes is 1. The first kappa shape index (κ1) is 12.6. The van der Waals surface area contributed by atoms with Gasteiger partial charge in [0.25, 0.3) is 0 Å². The number of aromatic carboxylic acids is 1. The van der Waals surface area contributed by atoms with Crippen LogP contribution < -0.4 is 10.6 Å². The van der Waals surface area contributed by atoms with Gasteiger partial charge in [-0.25, -0.2) is 9.59 Å². The van der Waals surface area contributed by atoms with Gasteiger partial charge >= 0.3 is 12.0 Å². The number of hydrogen-bond acceptors (Lipinski definition) is 2. The smallest absolute Gasteiger partial charge is 0.335 e. The largest absolute Gasteiger partial charge is 0.478 e. The van der Waals surface area contributed by atoms with Crippen LogP contribution in [0.15, 0.2) is 18.2 Å². The van der Waals surface area contributed by atoms with Gasteiger partial charge in [0.15, 0.2) is 0 Å². The van der Waals surface area contributed by atoms with E-state index in [-0.39, 0.29) is 12.1 Å². The Labute approximate surface area is 98.8 Å². The number of rotatable bonds is 3. The maximum absolute atomic E-state index is 11.3. The second-order valence-corrected chi connectivity index (χ2v) is 3.35. The molecule has 5 nitrogen and oxygen atoms in total. The van der Waals surface area contributed by atoms with Gasteiger partial charge in [0, 0.05) is 5.69 Å². The van der Waals surface area contributed by atoms with E-state index in [0.717, 1.165) is 0 Å². The summed E-state index contributed by atoms with van der Waals surface area (Å²) in [5.74, 6) is 1.28. The number of anilines is 1. The molecule has 1 aromatic rings. The van der Waals surface area contributed by atoms with E-state index >= 15 is 0 Å². The van der Waals surface area contributed by atoms with E-state index < -0.39 is 12.0 Å². The van der Waals surface area contributed by atoms with Crippen LogP contribution in [-0.2, 0) is 0 Å². The minimum atomic E-state index is -0.995. The first-order chi connectivity index (χ1) is 8.04. The molecule has 0 spiro atoms. The van der Waals surface area contributed by atoms with Gasteiger partial charge in [-0.05, 0) is 30.7 Å². The monoisotopic (exact) mass is 232 g/mol. The van der Waals surface area contributed by atoms with Crippen molar-refractivity contribution in [3.63, 3.8) is 0 Å². The second kappa shape index (κ2) is 5.56. The lowest BCUT2D eigenvalue weighted by Crippen LogP contribution is -2.28. The van der Waals surface area contributed by atoms with Crippen molar-refractivity contribution in [2.75, 3.05) is 11.9 Å². The van der Waals surface area contributed by atoms with E-state index in [1.165, 1.54) is 12.1 Å². The van der Waals surface area contributed by atoms with Gasteiger partial charge in [-0.3, -0.25) is 0 Å². The van der Waals surface area contributed by atoms with Crippen molar-refractivity contribution in [2.24, 2.45) is 0 Å². The SMILES string of the molecule is C#CCNC(=O)Nc1ccc(C(=O)O)c(C)c1. The standard InChI is InChI=1S/C12H12N2O3/c1-3-6-13-12(17)14-9-4-5-10(11(15)16)8(2)7-9/h1,4-5,7H,6H2,2H3,(H,15,16)(H2,13,14,17). The van der Waals surface area contributed by atoms with E-state index in [1.807, 2.05) is 0 Å². The highest BCUT2D eigenvalue weighted by Crippen LogP contribution is 2.14. The van der Waals surface area contributed by atoms with Crippen LogP contribution in [0.2, 0.25) is 0 Å². The minimum absolute atomic E-state index is 0.137. The Morgan fingerprint density at radius 3 is 2.71 bits per heavy atom. The van der Waals surface area contributed by atoms with E-state index in [9.17, 15) is 9.59 Å². The molecule has 0 atom stereocenters. The minimum Gasteiger partial charge on any atom is -0.478 e. The summed E-state index contributed by atoms with van der Waals surface area (Å²) in [6, 6.07) is 4.12. The van der Waals surface area contributed by atoms with Crippen LogP contribution in [0.3, 0.4) is 0 Å². The fourth-order valence-corrected chi connectivity index (χ4v) is 1.29. The van der Waals surface area contributed by atoms with Gasteiger partial charge in [0.1, 0.15) is 0 Å². The molecule has 88 valence electrons. The molecule has 0 bridgehead atoms. The topological polar surface area (TPSA) is 78.4 Å². The Hall–Kier alpha value is -2.48. The predicted octanol–water partition coefficient (Wildman–Crippen LogP) is 1.45. The molecule has 0 fully saturated rings. The first-order valence-electron chi connectivity index (χ1n) is 4.87. The molecule has 0 saturated heterocycles. The number of carboxylic acids is 1. The maximum atomic E-state index is 11.3. The quantitative estimate of drug-likeness (QED) is 0.690. The summed E-state index contributed by atoms with van der Waals surface area (Å²) in [7, 11) is 0. The van der Waals surface area contributed by atoms with Crippen LogP contribution in [0.5, 0.6) is 0 Å². The molecule has 5 heteroatoms. The molecule has 2 amide bonds. The molecule has 0 aliphatic heterocycles. The van der Waals surface area contributed by atoms with Crippen LogP contribution in [0.4, 0.5) is 10.5 Å². The number of amides is 2. The number of aryl methyl sites for hydroxylation is 1. The van der Waals surface area contributed by atoms with Crippen molar-refractivity contribution >= 4 is 17.7 Å². The van der Waals surface area contributed by atoms with Crippen molar-refractivity contribution < 1.29 is 14.7 Å². The molecule has 0 heterocycles. The third-order valence-corrected chi connectivity index (χ3v) is 2.07. The van der Waals surface area contributed by atoms with Crippen molar-refractivity contribution in [3.8, 4) is 12.3 Å². The highest BCUT2D eigenvalue weighted by Gasteiger charge is 2.08. The zero-order valence-electron chi connectivity index (χ0n) is 9.28. The molecule has 0 aliphatic rings. The third kappa shape index (κ3) is 3.54. The Morgan fingerprint density at radius 1 is 1.47 bits per heavy atom.